The van der Waals surface area contributed by atoms with E-state index in [1.54, 1.807) is 0 Å². The number of hydrogen-bond donors (Lipinski definition) is 0. The lowest BCUT2D eigenvalue weighted by Crippen LogP contribution is -2.26. The molecule has 1 saturated heterocycles. The minimum absolute atomic E-state index is 0.482. The predicted octanol–water partition coefficient (Wildman–Crippen LogP) is 3.81. The Bertz CT molecular complexity index is 348. The SMILES string of the molecule is CCCC1(c2ccc(C(C)C)cc2)OCCO1. The molecular formula is C15H22O2. The summed E-state index contributed by atoms with van der Waals surface area (Å²) in [7, 11) is 0. The molecule has 0 unspecified atom stereocenters. The van der Waals surface area contributed by atoms with Gasteiger partial charge in [0.25, 0.3) is 0 Å². The highest BCUT2D eigenvalue weighted by atomic mass is 16.7. The summed E-state index contributed by atoms with van der Waals surface area (Å²) in [6, 6.07) is 8.66. The molecule has 1 aliphatic rings. The van der Waals surface area contributed by atoms with Gasteiger partial charge in [0.05, 0.1) is 13.2 Å². The van der Waals surface area contributed by atoms with Crippen LogP contribution in [-0.2, 0) is 15.3 Å². The minimum Gasteiger partial charge on any atom is -0.343 e. The van der Waals surface area contributed by atoms with Crippen molar-refractivity contribution >= 4 is 0 Å². The van der Waals surface area contributed by atoms with Crippen LogP contribution in [0.15, 0.2) is 24.3 Å². The Morgan fingerprint density at radius 1 is 1.12 bits per heavy atom. The summed E-state index contributed by atoms with van der Waals surface area (Å²) in [5.74, 6) is 0.0844. The van der Waals surface area contributed by atoms with Crippen molar-refractivity contribution in [3.05, 3.63) is 35.4 Å². The van der Waals surface area contributed by atoms with Crippen LogP contribution in [0.3, 0.4) is 0 Å². The highest BCUT2D eigenvalue weighted by Crippen LogP contribution is 2.36. The highest BCUT2D eigenvalue weighted by Gasteiger charge is 2.37. The molecule has 2 nitrogen and oxygen atoms in total. The molecule has 0 N–H and O–H groups in total. The van der Waals surface area contributed by atoms with Gasteiger partial charge in [0, 0.05) is 12.0 Å². The molecule has 0 aliphatic carbocycles. The summed E-state index contributed by atoms with van der Waals surface area (Å²) in [4.78, 5) is 0. The average Bonchev–Trinajstić information content (AvgIpc) is 2.79. The molecule has 1 fully saturated rings. The van der Waals surface area contributed by atoms with Crippen molar-refractivity contribution in [2.75, 3.05) is 13.2 Å². The molecule has 1 aliphatic heterocycles. The van der Waals surface area contributed by atoms with E-state index in [4.69, 9.17) is 9.47 Å². The van der Waals surface area contributed by atoms with Gasteiger partial charge in [-0.3, -0.25) is 0 Å². The predicted molar refractivity (Wildman–Crippen MR) is 69.0 cm³/mol. The number of rotatable bonds is 4. The van der Waals surface area contributed by atoms with Gasteiger partial charge in [0.15, 0.2) is 5.79 Å². The Hall–Kier alpha value is -0.860. The van der Waals surface area contributed by atoms with Gasteiger partial charge in [-0.1, -0.05) is 51.5 Å². The Morgan fingerprint density at radius 3 is 2.18 bits per heavy atom. The van der Waals surface area contributed by atoms with Crippen molar-refractivity contribution in [1.82, 2.24) is 0 Å². The highest BCUT2D eigenvalue weighted by molar-refractivity contribution is 5.28. The third-order valence-corrected chi connectivity index (χ3v) is 3.35. The van der Waals surface area contributed by atoms with E-state index in [1.807, 2.05) is 0 Å². The van der Waals surface area contributed by atoms with Crippen LogP contribution in [-0.4, -0.2) is 13.2 Å². The van der Waals surface area contributed by atoms with Gasteiger partial charge in [-0.05, 0) is 11.5 Å². The maximum atomic E-state index is 5.85. The molecule has 2 rings (SSSR count). The van der Waals surface area contributed by atoms with Crippen molar-refractivity contribution in [2.24, 2.45) is 0 Å². The fourth-order valence-electron chi connectivity index (χ4n) is 2.36. The van der Waals surface area contributed by atoms with Crippen LogP contribution in [0.4, 0.5) is 0 Å². The Morgan fingerprint density at radius 2 is 1.71 bits per heavy atom. The Balaban J connectivity index is 2.24. The van der Waals surface area contributed by atoms with E-state index in [1.165, 1.54) is 5.56 Å². The van der Waals surface area contributed by atoms with Crippen LogP contribution >= 0.6 is 0 Å². The largest absolute Gasteiger partial charge is 0.343 e. The normalized spacial score (nSPS) is 18.8. The quantitative estimate of drug-likeness (QED) is 0.788. The van der Waals surface area contributed by atoms with Crippen molar-refractivity contribution in [2.45, 2.75) is 45.3 Å². The zero-order valence-electron chi connectivity index (χ0n) is 11.0. The first-order valence-corrected chi connectivity index (χ1v) is 6.56. The molecule has 0 atom stereocenters. The van der Waals surface area contributed by atoms with Gasteiger partial charge in [0.1, 0.15) is 0 Å². The first-order valence-electron chi connectivity index (χ1n) is 6.56. The van der Waals surface area contributed by atoms with Gasteiger partial charge >= 0.3 is 0 Å². The van der Waals surface area contributed by atoms with Crippen LogP contribution < -0.4 is 0 Å². The second kappa shape index (κ2) is 5.19. The summed E-state index contributed by atoms with van der Waals surface area (Å²) in [5, 5.41) is 0. The van der Waals surface area contributed by atoms with E-state index in [9.17, 15) is 0 Å². The smallest absolute Gasteiger partial charge is 0.194 e. The van der Waals surface area contributed by atoms with Crippen molar-refractivity contribution in [3.63, 3.8) is 0 Å². The van der Waals surface area contributed by atoms with Crippen molar-refractivity contribution in [3.8, 4) is 0 Å². The van der Waals surface area contributed by atoms with Crippen LogP contribution in [0.2, 0.25) is 0 Å². The zero-order valence-corrected chi connectivity index (χ0v) is 11.0. The fourth-order valence-corrected chi connectivity index (χ4v) is 2.36. The third kappa shape index (κ3) is 2.53. The number of hydrogen-bond acceptors (Lipinski definition) is 2. The van der Waals surface area contributed by atoms with E-state index in [2.05, 4.69) is 45.0 Å². The minimum atomic E-state index is -0.482. The van der Waals surface area contributed by atoms with Gasteiger partial charge < -0.3 is 9.47 Å². The first-order chi connectivity index (χ1) is 8.18. The second-order valence-electron chi connectivity index (χ2n) is 4.98. The summed E-state index contributed by atoms with van der Waals surface area (Å²) in [6.07, 6.45) is 1.99. The fraction of sp³-hybridized carbons (Fsp3) is 0.600. The number of benzene rings is 1. The van der Waals surface area contributed by atoms with E-state index in [-0.39, 0.29) is 0 Å². The molecule has 0 radical (unpaired) electrons. The Kier molecular flexibility index (Phi) is 3.85. The summed E-state index contributed by atoms with van der Waals surface area (Å²) in [6.45, 7) is 7.98. The Labute approximate surface area is 104 Å². The van der Waals surface area contributed by atoms with E-state index < -0.39 is 5.79 Å². The van der Waals surface area contributed by atoms with E-state index >= 15 is 0 Å². The van der Waals surface area contributed by atoms with Gasteiger partial charge in [0.2, 0.25) is 0 Å². The average molecular weight is 234 g/mol. The lowest BCUT2D eigenvalue weighted by Gasteiger charge is -2.27. The van der Waals surface area contributed by atoms with E-state index in [0.29, 0.717) is 19.1 Å². The standard InChI is InChI=1S/C15H22O2/c1-4-9-15(16-10-11-17-15)14-7-5-13(6-8-14)12(2)3/h5-8,12H,4,9-11H2,1-3H3. The monoisotopic (exact) mass is 234 g/mol. The summed E-state index contributed by atoms with van der Waals surface area (Å²) in [5.41, 5.74) is 2.51. The molecule has 17 heavy (non-hydrogen) atoms. The van der Waals surface area contributed by atoms with Gasteiger partial charge in [-0.15, -0.1) is 0 Å². The second-order valence-corrected chi connectivity index (χ2v) is 4.98. The number of ether oxygens (including phenoxy) is 2. The van der Waals surface area contributed by atoms with Crippen LogP contribution in [0, 0.1) is 0 Å². The molecule has 2 heteroatoms. The maximum Gasteiger partial charge on any atom is 0.194 e. The molecule has 1 heterocycles. The molecule has 0 amide bonds. The summed E-state index contributed by atoms with van der Waals surface area (Å²) >= 11 is 0. The topological polar surface area (TPSA) is 18.5 Å². The molecule has 94 valence electrons. The van der Waals surface area contributed by atoms with Gasteiger partial charge in [-0.2, -0.15) is 0 Å². The van der Waals surface area contributed by atoms with Crippen molar-refractivity contribution < 1.29 is 9.47 Å². The molecule has 0 bridgehead atoms. The zero-order chi connectivity index (χ0) is 12.3. The van der Waals surface area contributed by atoms with Crippen LogP contribution in [0.1, 0.15) is 50.7 Å². The lowest BCUT2D eigenvalue weighted by atomic mass is 9.96. The van der Waals surface area contributed by atoms with Crippen molar-refractivity contribution in [1.29, 1.82) is 0 Å². The summed E-state index contributed by atoms with van der Waals surface area (Å²) < 4.78 is 11.7. The third-order valence-electron chi connectivity index (χ3n) is 3.35. The lowest BCUT2D eigenvalue weighted by molar-refractivity contribution is -0.170. The van der Waals surface area contributed by atoms with Crippen LogP contribution in [0.5, 0.6) is 0 Å². The molecule has 0 saturated carbocycles. The molecule has 1 aromatic rings. The van der Waals surface area contributed by atoms with E-state index in [0.717, 1.165) is 18.4 Å². The maximum absolute atomic E-state index is 5.85. The first kappa shape index (κ1) is 12.6. The molecule has 0 aromatic heterocycles. The molecule has 1 aromatic carbocycles. The molecular weight excluding hydrogens is 212 g/mol. The van der Waals surface area contributed by atoms with Gasteiger partial charge in [-0.25, -0.2) is 0 Å². The molecule has 0 spiro atoms. The van der Waals surface area contributed by atoms with Crippen LogP contribution in [0.25, 0.3) is 0 Å².